The molecule has 0 saturated carbocycles. The lowest BCUT2D eigenvalue weighted by Gasteiger charge is -2.19. The topological polar surface area (TPSA) is 71.5 Å². The van der Waals surface area contributed by atoms with E-state index in [1.807, 2.05) is 18.2 Å². The molecule has 0 spiro atoms. The highest BCUT2D eigenvalue weighted by molar-refractivity contribution is 5.88. The second kappa shape index (κ2) is 6.99. The second-order valence-corrected chi connectivity index (χ2v) is 7.50. The highest BCUT2D eigenvalue weighted by Gasteiger charge is 2.23. The molecule has 4 rings (SSSR count). The van der Waals surface area contributed by atoms with E-state index in [2.05, 4.69) is 34.6 Å². The van der Waals surface area contributed by atoms with Crippen LogP contribution in [-0.2, 0) is 6.54 Å². The zero-order chi connectivity index (χ0) is 19.0. The van der Waals surface area contributed by atoms with Crippen molar-refractivity contribution in [2.45, 2.75) is 26.3 Å². The third-order valence-electron chi connectivity index (χ3n) is 5.66. The lowest BCUT2D eigenvalue weighted by atomic mass is 10.1. The Bertz CT molecular complexity index is 975. The number of aryl methyl sites for hydroxylation is 2. The van der Waals surface area contributed by atoms with Gasteiger partial charge in [-0.05, 0) is 73.5 Å². The van der Waals surface area contributed by atoms with E-state index >= 15 is 0 Å². The van der Waals surface area contributed by atoms with Crippen LogP contribution in [0.3, 0.4) is 0 Å². The number of rotatable bonds is 5. The largest absolute Gasteiger partial charge is 0.478 e. The normalized spacial score (nSPS) is 16.9. The molecule has 0 bridgehead atoms. The maximum atomic E-state index is 11.0. The molecule has 2 aromatic carbocycles. The van der Waals surface area contributed by atoms with Gasteiger partial charge in [0.2, 0.25) is 0 Å². The molecule has 1 aromatic heterocycles. The van der Waals surface area contributed by atoms with Crippen LogP contribution in [0.15, 0.2) is 48.5 Å². The number of carboxylic acid groups (broad SMARTS) is 1. The predicted molar refractivity (Wildman–Crippen MR) is 109 cm³/mol. The van der Waals surface area contributed by atoms with Crippen LogP contribution >= 0.6 is 0 Å². The minimum Gasteiger partial charge on any atom is -0.478 e. The molecule has 27 heavy (non-hydrogen) atoms. The zero-order valence-corrected chi connectivity index (χ0v) is 15.6. The number of hydrogen-bond donors (Lipinski definition) is 2. The van der Waals surface area contributed by atoms with Gasteiger partial charge in [-0.3, -0.25) is 0 Å². The Morgan fingerprint density at radius 2 is 1.96 bits per heavy atom. The number of anilines is 2. The molecule has 3 aromatic rings. The fourth-order valence-electron chi connectivity index (χ4n) is 4.14. The molecule has 0 aliphatic carbocycles. The monoisotopic (exact) mass is 363 g/mol. The molecule has 1 atom stereocenters. The van der Waals surface area contributed by atoms with Gasteiger partial charge < -0.3 is 20.3 Å². The van der Waals surface area contributed by atoms with Crippen molar-refractivity contribution in [3.63, 3.8) is 0 Å². The van der Waals surface area contributed by atoms with Gasteiger partial charge in [0.1, 0.15) is 0 Å². The summed E-state index contributed by atoms with van der Waals surface area (Å²) in [5.41, 5.74) is 10.7. The highest BCUT2D eigenvalue weighted by Crippen LogP contribution is 2.28. The Hall–Kier alpha value is -2.95. The van der Waals surface area contributed by atoms with Crippen LogP contribution in [-0.4, -0.2) is 28.7 Å². The maximum Gasteiger partial charge on any atom is 0.335 e. The number of hydrogen-bond acceptors (Lipinski definition) is 3. The Balaban J connectivity index is 1.41. The summed E-state index contributed by atoms with van der Waals surface area (Å²) in [5.74, 6) is -0.238. The van der Waals surface area contributed by atoms with Crippen molar-refractivity contribution in [2.75, 3.05) is 23.7 Å². The first-order valence-corrected chi connectivity index (χ1v) is 9.45. The molecule has 2 heterocycles. The number of nitrogens with zero attached hydrogens (tertiary/aromatic N) is 2. The molecule has 5 heteroatoms. The number of nitrogen functional groups attached to an aromatic ring is 1. The van der Waals surface area contributed by atoms with Gasteiger partial charge in [-0.1, -0.05) is 6.07 Å². The Kier molecular flexibility index (Phi) is 4.52. The molecule has 1 aliphatic heterocycles. The van der Waals surface area contributed by atoms with Gasteiger partial charge in [-0.2, -0.15) is 0 Å². The molecular weight excluding hydrogens is 338 g/mol. The average molecular weight is 363 g/mol. The van der Waals surface area contributed by atoms with Crippen LogP contribution in [0, 0.1) is 12.8 Å². The summed E-state index contributed by atoms with van der Waals surface area (Å²) in [4.78, 5) is 13.4. The van der Waals surface area contributed by atoms with E-state index in [1.54, 1.807) is 12.1 Å². The van der Waals surface area contributed by atoms with Crippen LogP contribution in [0.5, 0.6) is 0 Å². The van der Waals surface area contributed by atoms with Gasteiger partial charge in [-0.15, -0.1) is 0 Å². The fraction of sp³-hybridized carbons (Fsp3) is 0.318. The lowest BCUT2D eigenvalue weighted by Crippen LogP contribution is -2.20. The molecule has 1 unspecified atom stereocenters. The summed E-state index contributed by atoms with van der Waals surface area (Å²) in [7, 11) is 0. The molecule has 5 nitrogen and oxygen atoms in total. The summed E-state index contributed by atoms with van der Waals surface area (Å²) < 4.78 is 2.37. The lowest BCUT2D eigenvalue weighted by molar-refractivity contribution is 0.0697. The van der Waals surface area contributed by atoms with Crippen molar-refractivity contribution in [1.82, 2.24) is 4.57 Å². The van der Waals surface area contributed by atoms with E-state index in [0.29, 0.717) is 11.5 Å². The standard InChI is InChI=1S/C22H25N3O2/c1-15-12-18-2-5-19(23)13-21(18)25(15)11-9-16-8-10-24(14-16)20-6-3-17(4-7-20)22(26)27/h2-7,12-13,16H,8-11,14,23H2,1H3,(H,26,27). The van der Waals surface area contributed by atoms with E-state index < -0.39 is 5.97 Å². The highest BCUT2D eigenvalue weighted by atomic mass is 16.4. The minimum absolute atomic E-state index is 0.337. The fourth-order valence-corrected chi connectivity index (χ4v) is 4.14. The van der Waals surface area contributed by atoms with Gasteiger partial charge in [0.05, 0.1) is 11.1 Å². The summed E-state index contributed by atoms with van der Waals surface area (Å²) in [5, 5.41) is 10.3. The van der Waals surface area contributed by atoms with Crippen LogP contribution < -0.4 is 10.6 Å². The quantitative estimate of drug-likeness (QED) is 0.668. The summed E-state index contributed by atoms with van der Waals surface area (Å²) in [6.07, 6.45) is 2.30. The Morgan fingerprint density at radius 1 is 1.19 bits per heavy atom. The predicted octanol–water partition coefficient (Wildman–Crippen LogP) is 4.15. The van der Waals surface area contributed by atoms with Gasteiger partial charge in [0.15, 0.2) is 0 Å². The van der Waals surface area contributed by atoms with E-state index in [4.69, 9.17) is 10.8 Å². The molecule has 0 amide bonds. The minimum atomic E-state index is -0.879. The maximum absolute atomic E-state index is 11.0. The summed E-state index contributed by atoms with van der Waals surface area (Å²) in [6.45, 7) is 5.19. The molecule has 3 N–H and O–H groups in total. The van der Waals surface area contributed by atoms with Gasteiger partial charge in [-0.25, -0.2) is 4.79 Å². The first-order chi connectivity index (χ1) is 13.0. The van der Waals surface area contributed by atoms with E-state index in [-0.39, 0.29) is 0 Å². The molecule has 140 valence electrons. The average Bonchev–Trinajstić information content (AvgIpc) is 3.24. The number of carboxylic acids is 1. The van der Waals surface area contributed by atoms with Gasteiger partial charge >= 0.3 is 5.97 Å². The van der Waals surface area contributed by atoms with Gasteiger partial charge in [0, 0.05) is 36.7 Å². The molecule has 1 aliphatic rings. The van der Waals surface area contributed by atoms with Crippen LogP contribution in [0.1, 0.15) is 28.9 Å². The number of nitrogens with two attached hydrogens (primary N) is 1. The van der Waals surface area contributed by atoms with Crippen molar-refractivity contribution in [3.8, 4) is 0 Å². The number of aromatic carboxylic acids is 1. The molecular formula is C22H25N3O2. The van der Waals surface area contributed by atoms with Crippen LogP contribution in [0.2, 0.25) is 0 Å². The van der Waals surface area contributed by atoms with Crippen molar-refractivity contribution < 1.29 is 9.90 Å². The zero-order valence-electron chi connectivity index (χ0n) is 15.6. The van der Waals surface area contributed by atoms with Crippen molar-refractivity contribution in [3.05, 3.63) is 59.8 Å². The smallest absolute Gasteiger partial charge is 0.335 e. The molecule has 0 radical (unpaired) electrons. The molecule has 1 fully saturated rings. The first-order valence-electron chi connectivity index (χ1n) is 9.45. The second-order valence-electron chi connectivity index (χ2n) is 7.50. The van der Waals surface area contributed by atoms with Crippen LogP contribution in [0.4, 0.5) is 11.4 Å². The summed E-state index contributed by atoms with van der Waals surface area (Å²) in [6, 6.07) is 15.5. The SMILES string of the molecule is Cc1cc2ccc(N)cc2n1CCC1CCN(c2ccc(C(=O)O)cc2)C1. The first kappa shape index (κ1) is 17.5. The third kappa shape index (κ3) is 3.50. The van der Waals surface area contributed by atoms with Crippen molar-refractivity contribution >= 4 is 28.2 Å². The number of fused-ring (bicyclic) bond motifs is 1. The number of carbonyl (C=O) groups is 1. The van der Waals surface area contributed by atoms with E-state index in [1.165, 1.54) is 23.0 Å². The Morgan fingerprint density at radius 3 is 2.70 bits per heavy atom. The summed E-state index contributed by atoms with van der Waals surface area (Å²) >= 11 is 0. The Labute approximate surface area is 159 Å². The van der Waals surface area contributed by atoms with E-state index in [0.717, 1.165) is 37.4 Å². The molecule has 1 saturated heterocycles. The van der Waals surface area contributed by atoms with Crippen LogP contribution in [0.25, 0.3) is 10.9 Å². The van der Waals surface area contributed by atoms with E-state index in [9.17, 15) is 4.79 Å². The third-order valence-corrected chi connectivity index (χ3v) is 5.66. The number of benzene rings is 2. The van der Waals surface area contributed by atoms with Crippen molar-refractivity contribution in [2.24, 2.45) is 5.92 Å². The van der Waals surface area contributed by atoms with Crippen molar-refractivity contribution in [1.29, 1.82) is 0 Å². The van der Waals surface area contributed by atoms with Gasteiger partial charge in [0.25, 0.3) is 0 Å². The number of aromatic nitrogens is 1.